The maximum Gasteiger partial charge on any atom is 0.264 e. The van der Waals surface area contributed by atoms with Gasteiger partial charge in [0, 0.05) is 24.5 Å². The molecule has 1 aliphatic heterocycles. The summed E-state index contributed by atoms with van der Waals surface area (Å²) in [5.41, 5.74) is 8.99. The number of benzene rings is 1. The largest absolute Gasteiger partial charge is 0.338 e. The van der Waals surface area contributed by atoms with Crippen molar-refractivity contribution in [1.29, 1.82) is 0 Å². The van der Waals surface area contributed by atoms with E-state index in [0.29, 0.717) is 6.54 Å². The van der Waals surface area contributed by atoms with Crippen LogP contribution in [-0.2, 0) is 6.54 Å². The first-order chi connectivity index (χ1) is 10.2. The highest BCUT2D eigenvalue weighted by atomic mass is 32.1. The predicted molar refractivity (Wildman–Crippen MR) is 87.5 cm³/mol. The maximum absolute atomic E-state index is 12.5. The van der Waals surface area contributed by atoms with Crippen LogP contribution in [0.5, 0.6) is 0 Å². The van der Waals surface area contributed by atoms with Crippen LogP contribution in [0.2, 0.25) is 0 Å². The monoisotopic (exact) mass is 300 g/mol. The van der Waals surface area contributed by atoms with E-state index in [9.17, 15) is 4.79 Å². The van der Waals surface area contributed by atoms with Crippen LogP contribution >= 0.6 is 11.3 Å². The molecule has 2 heterocycles. The molecular formula is C17H20N2OS. The van der Waals surface area contributed by atoms with Crippen molar-refractivity contribution in [2.45, 2.75) is 26.3 Å². The Morgan fingerprint density at radius 2 is 1.90 bits per heavy atom. The molecule has 110 valence electrons. The predicted octanol–water partition coefficient (Wildman–Crippen LogP) is 3.42. The second-order valence-corrected chi connectivity index (χ2v) is 6.58. The molecule has 0 unspecified atom stereocenters. The van der Waals surface area contributed by atoms with Gasteiger partial charge in [-0.25, -0.2) is 0 Å². The van der Waals surface area contributed by atoms with Crippen molar-refractivity contribution in [3.8, 4) is 10.4 Å². The van der Waals surface area contributed by atoms with Gasteiger partial charge in [-0.15, -0.1) is 11.3 Å². The number of amides is 1. The number of hydrogen-bond acceptors (Lipinski definition) is 3. The summed E-state index contributed by atoms with van der Waals surface area (Å²) in [4.78, 5) is 16.5. The lowest BCUT2D eigenvalue weighted by atomic mass is 10.1. The standard InChI is InChI=1S/C17H20N2OS/c1-12-10-15(14-6-4-13(11-18)5-7-14)21-16(12)17(20)19-8-2-3-9-19/h4-7,10H,2-3,8-9,11,18H2,1H3. The molecule has 0 atom stereocenters. The van der Waals surface area contributed by atoms with Gasteiger partial charge in [0.25, 0.3) is 5.91 Å². The Labute approximate surface area is 129 Å². The SMILES string of the molecule is Cc1cc(-c2ccc(CN)cc2)sc1C(=O)N1CCCC1. The van der Waals surface area contributed by atoms with Gasteiger partial charge >= 0.3 is 0 Å². The van der Waals surface area contributed by atoms with E-state index in [2.05, 4.69) is 18.2 Å². The summed E-state index contributed by atoms with van der Waals surface area (Å²) < 4.78 is 0. The van der Waals surface area contributed by atoms with E-state index >= 15 is 0 Å². The summed E-state index contributed by atoms with van der Waals surface area (Å²) in [5.74, 6) is 0.194. The highest BCUT2D eigenvalue weighted by Crippen LogP contribution is 2.32. The number of carbonyl (C=O) groups is 1. The Kier molecular flexibility index (Phi) is 4.08. The quantitative estimate of drug-likeness (QED) is 0.944. The lowest BCUT2D eigenvalue weighted by Gasteiger charge is -2.14. The number of thiophene rings is 1. The number of rotatable bonds is 3. The Morgan fingerprint density at radius 3 is 2.52 bits per heavy atom. The number of nitrogens with two attached hydrogens (primary N) is 1. The zero-order chi connectivity index (χ0) is 14.8. The van der Waals surface area contributed by atoms with Crippen LogP contribution in [0.15, 0.2) is 30.3 Å². The Balaban J connectivity index is 1.87. The molecule has 3 nitrogen and oxygen atoms in total. The van der Waals surface area contributed by atoms with Gasteiger partial charge in [0.1, 0.15) is 0 Å². The number of hydrogen-bond donors (Lipinski definition) is 1. The topological polar surface area (TPSA) is 46.3 Å². The molecule has 3 rings (SSSR count). The molecule has 0 bridgehead atoms. The smallest absolute Gasteiger partial charge is 0.264 e. The average Bonchev–Trinajstić information content (AvgIpc) is 3.16. The first-order valence-corrected chi connectivity index (χ1v) is 8.20. The number of aryl methyl sites for hydroxylation is 1. The average molecular weight is 300 g/mol. The van der Waals surface area contributed by atoms with Crippen molar-refractivity contribution in [2.75, 3.05) is 13.1 Å². The Bertz CT molecular complexity index is 639. The Morgan fingerprint density at radius 1 is 1.24 bits per heavy atom. The minimum atomic E-state index is 0.194. The van der Waals surface area contributed by atoms with Gasteiger partial charge in [-0.1, -0.05) is 24.3 Å². The molecule has 1 aromatic carbocycles. The summed E-state index contributed by atoms with van der Waals surface area (Å²) in [6, 6.07) is 10.4. The van der Waals surface area contributed by atoms with E-state index in [0.717, 1.165) is 52.4 Å². The molecule has 4 heteroatoms. The van der Waals surface area contributed by atoms with Crippen LogP contribution in [0.4, 0.5) is 0 Å². The van der Waals surface area contributed by atoms with Gasteiger partial charge < -0.3 is 10.6 Å². The fraction of sp³-hybridized carbons (Fsp3) is 0.353. The summed E-state index contributed by atoms with van der Waals surface area (Å²) >= 11 is 1.60. The summed E-state index contributed by atoms with van der Waals surface area (Å²) in [6.07, 6.45) is 2.26. The van der Waals surface area contributed by atoms with Crippen molar-refractivity contribution in [3.63, 3.8) is 0 Å². The number of likely N-dealkylation sites (tertiary alicyclic amines) is 1. The number of nitrogens with zero attached hydrogens (tertiary/aromatic N) is 1. The van der Waals surface area contributed by atoms with Crippen LogP contribution in [0.3, 0.4) is 0 Å². The van der Waals surface area contributed by atoms with E-state index in [1.54, 1.807) is 11.3 Å². The minimum absolute atomic E-state index is 0.194. The van der Waals surface area contributed by atoms with Crippen molar-refractivity contribution in [3.05, 3.63) is 46.3 Å². The van der Waals surface area contributed by atoms with E-state index in [1.807, 2.05) is 24.0 Å². The molecule has 0 spiro atoms. The van der Waals surface area contributed by atoms with Gasteiger partial charge in [0.05, 0.1) is 4.88 Å². The molecule has 0 saturated carbocycles. The van der Waals surface area contributed by atoms with E-state index < -0.39 is 0 Å². The third-order valence-electron chi connectivity index (χ3n) is 3.98. The van der Waals surface area contributed by atoms with Crippen molar-refractivity contribution >= 4 is 17.2 Å². The van der Waals surface area contributed by atoms with Gasteiger partial charge in [-0.2, -0.15) is 0 Å². The second kappa shape index (κ2) is 6.00. The second-order valence-electron chi connectivity index (χ2n) is 5.52. The molecule has 2 aromatic rings. The highest BCUT2D eigenvalue weighted by Gasteiger charge is 2.23. The molecule has 21 heavy (non-hydrogen) atoms. The van der Waals surface area contributed by atoms with E-state index in [1.165, 1.54) is 0 Å². The first-order valence-electron chi connectivity index (χ1n) is 7.38. The van der Waals surface area contributed by atoms with Crippen molar-refractivity contribution < 1.29 is 4.79 Å². The zero-order valence-electron chi connectivity index (χ0n) is 12.3. The van der Waals surface area contributed by atoms with Crippen LogP contribution in [0.25, 0.3) is 10.4 Å². The molecule has 0 aliphatic carbocycles. The summed E-state index contributed by atoms with van der Waals surface area (Å²) in [6.45, 7) is 4.38. The fourth-order valence-corrected chi connectivity index (χ4v) is 3.85. The zero-order valence-corrected chi connectivity index (χ0v) is 13.1. The van der Waals surface area contributed by atoms with Crippen molar-refractivity contribution in [1.82, 2.24) is 4.90 Å². The fourth-order valence-electron chi connectivity index (χ4n) is 2.71. The summed E-state index contributed by atoms with van der Waals surface area (Å²) in [7, 11) is 0. The van der Waals surface area contributed by atoms with Gasteiger partial charge in [-0.3, -0.25) is 4.79 Å². The van der Waals surface area contributed by atoms with Crippen LogP contribution in [-0.4, -0.2) is 23.9 Å². The molecule has 1 saturated heterocycles. The molecule has 1 aromatic heterocycles. The lowest BCUT2D eigenvalue weighted by molar-refractivity contribution is 0.0797. The van der Waals surface area contributed by atoms with Gasteiger partial charge in [0.15, 0.2) is 0 Å². The minimum Gasteiger partial charge on any atom is -0.338 e. The van der Waals surface area contributed by atoms with E-state index in [4.69, 9.17) is 5.73 Å². The molecule has 1 aliphatic rings. The molecule has 1 fully saturated rings. The van der Waals surface area contributed by atoms with Gasteiger partial charge in [-0.05, 0) is 42.5 Å². The van der Waals surface area contributed by atoms with Crippen LogP contribution in [0.1, 0.15) is 33.6 Å². The molecule has 1 amide bonds. The third kappa shape index (κ3) is 2.87. The van der Waals surface area contributed by atoms with Crippen molar-refractivity contribution in [2.24, 2.45) is 5.73 Å². The number of carbonyl (C=O) groups excluding carboxylic acids is 1. The van der Waals surface area contributed by atoms with Crippen LogP contribution < -0.4 is 5.73 Å². The first kappa shape index (κ1) is 14.3. The third-order valence-corrected chi connectivity index (χ3v) is 5.25. The van der Waals surface area contributed by atoms with Crippen LogP contribution in [0, 0.1) is 6.92 Å². The van der Waals surface area contributed by atoms with Gasteiger partial charge in [0.2, 0.25) is 0 Å². The molecule has 0 radical (unpaired) electrons. The Hall–Kier alpha value is -1.65. The normalized spacial score (nSPS) is 14.7. The molecular weight excluding hydrogens is 280 g/mol. The molecule has 2 N–H and O–H groups in total. The lowest BCUT2D eigenvalue weighted by Crippen LogP contribution is -2.27. The maximum atomic E-state index is 12.5. The summed E-state index contributed by atoms with van der Waals surface area (Å²) in [5, 5.41) is 0. The van der Waals surface area contributed by atoms with E-state index in [-0.39, 0.29) is 5.91 Å². The highest BCUT2D eigenvalue weighted by molar-refractivity contribution is 7.17.